The van der Waals surface area contributed by atoms with E-state index in [0.29, 0.717) is 0 Å². The minimum atomic E-state index is -0.721. The van der Waals surface area contributed by atoms with Crippen LogP contribution in [0.15, 0.2) is 24.6 Å². The lowest BCUT2D eigenvalue weighted by Gasteiger charge is -2.11. The van der Waals surface area contributed by atoms with E-state index in [9.17, 15) is 14.4 Å². The first-order valence-corrected chi connectivity index (χ1v) is 3.50. The van der Waals surface area contributed by atoms with Crippen molar-refractivity contribution in [3.63, 3.8) is 0 Å². The number of allylic oxidation sites excluding steroid dienone is 1. The monoisotopic (exact) mass is 181 g/mol. The highest BCUT2D eigenvalue weighted by atomic mass is 16.5. The Morgan fingerprint density at radius 1 is 1.62 bits per heavy atom. The van der Waals surface area contributed by atoms with Crippen LogP contribution in [0.4, 0.5) is 0 Å². The molecule has 5 nitrogen and oxygen atoms in total. The van der Waals surface area contributed by atoms with Gasteiger partial charge < -0.3 is 4.74 Å². The zero-order chi connectivity index (χ0) is 9.84. The van der Waals surface area contributed by atoms with Gasteiger partial charge in [-0.2, -0.15) is 0 Å². The lowest BCUT2D eigenvalue weighted by Crippen LogP contribution is -2.31. The van der Waals surface area contributed by atoms with Crippen LogP contribution in [0.3, 0.4) is 0 Å². The third kappa shape index (κ3) is 2.55. The number of hydrogen-bond donors (Lipinski definition) is 1. The molecule has 0 aliphatic carbocycles. The SMILES string of the molecule is C=CC(=O)OC1=CC(=O)CC(=O)N1. The fourth-order valence-corrected chi connectivity index (χ4v) is 0.778. The van der Waals surface area contributed by atoms with Gasteiger partial charge in [-0.25, -0.2) is 4.79 Å². The van der Waals surface area contributed by atoms with Gasteiger partial charge in [-0.3, -0.25) is 14.9 Å². The number of esters is 1. The maximum absolute atomic E-state index is 10.8. The summed E-state index contributed by atoms with van der Waals surface area (Å²) in [6, 6.07) is 0. The largest absolute Gasteiger partial charge is 0.406 e. The molecule has 0 unspecified atom stereocenters. The average Bonchev–Trinajstić information content (AvgIpc) is 2.02. The van der Waals surface area contributed by atoms with Gasteiger partial charge in [-0.05, 0) is 0 Å². The van der Waals surface area contributed by atoms with Crippen LogP contribution < -0.4 is 5.32 Å². The van der Waals surface area contributed by atoms with E-state index >= 15 is 0 Å². The van der Waals surface area contributed by atoms with E-state index in [4.69, 9.17) is 0 Å². The minimum Gasteiger partial charge on any atom is -0.406 e. The lowest BCUT2D eigenvalue weighted by molar-refractivity contribution is -0.135. The van der Waals surface area contributed by atoms with Crippen molar-refractivity contribution in [2.24, 2.45) is 0 Å². The predicted octanol–water partition coefficient (Wildman–Crippen LogP) is -0.354. The van der Waals surface area contributed by atoms with E-state index in [1.165, 1.54) is 0 Å². The molecule has 0 aromatic rings. The molecule has 0 saturated heterocycles. The van der Waals surface area contributed by atoms with E-state index in [1.807, 2.05) is 0 Å². The number of ether oxygens (including phenoxy) is 1. The van der Waals surface area contributed by atoms with E-state index in [1.54, 1.807) is 0 Å². The number of rotatable bonds is 2. The van der Waals surface area contributed by atoms with Gasteiger partial charge in [0.15, 0.2) is 5.78 Å². The maximum atomic E-state index is 10.8. The summed E-state index contributed by atoms with van der Waals surface area (Å²) in [6.07, 6.45) is 1.78. The standard InChI is InChI=1S/C8H7NO4/c1-2-8(12)13-7-4-5(10)3-6(11)9-7/h2,4H,1,3H2,(H,9,11). The highest BCUT2D eigenvalue weighted by molar-refractivity contribution is 6.07. The van der Waals surface area contributed by atoms with Crippen molar-refractivity contribution in [3.8, 4) is 0 Å². The van der Waals surface area contributed by atoms with Crippen LogP contribution in [0.1, 0.15) is 6.42 Å². The van der Waals surface area contributed by atoms with Gasteiger partial charge in [0.25, 0.3) is 0 Å². The summed E-state index contributed by atoms with van der Waals surface area (Å²) >= 11 is 0. The molecule has 1 heterocycles. The first kappa shape index (κ1) is 9.18. The summed E-state index contributed by atoms with van der Waals surface area (Å²) in [5, 5.41) is 2.22. The Balaban J connectivity index is 2.69. The molecule has 0 saturated carbocycles. The number of amides is 1. The zero-order valence-corrected chi connectivity index (χ0v) is 6.70. The third-order valence-electron chi connectivity index (χ3n) is 1.27. The van der Waals surface area contributed by atoms with Crippen molar-refractivity contribution < 1.29 is 19.1 Å². The molecule has 0 aromatic heterocycles. The molecule has 1 rings (SSSR count). The Bertz CT molecular complexity index is 316. The topological polar surface area (TPSA) is 72.5 Å². The summed E-state index contributed by atoms with van der Waals surface area (Å²) in [5.74, 6) is -1.75. The number of carbonyl (C=O) groups excluding carboxylic acids is 3. The fraction of sp³-hybridized carbons (Fsp3) is 0.125. The normalized spacial score (nSPS) is 15.8. The molecule has 0 atom stereocenters. The molecule has 68 valence electrons. The summed E-state index contributed by atoms with van der Waals surface area (Å²) in [7, 11) is 0. The molecule has 0 fully saturated rings. The fourth-order valence-electron chi connectivity index (χ4n) is 0.778. The van der Waals surface area contributed by atoms with Crippen LogP contribution >= 0.6 is 0 Å². The van der Waals surface area contributed by atoms with Gasteiger partial charge in [0.05, 0.1) is 6.42 Å². The third-order valence-corrected chi connectivity index (χ3v) is 1.27. The van der Waals surface area contributed by atoms with E-state index in [-0.39, 0.29) is 12.3 Å². The summed E-state index contributed by atoms with van der Waals surface area (Å²) in [4.78, 5) is 32.2. The number of ketones is 1. The quantitative estimate of drug-likeness (QED) is 0.359. The zero-order valence-electron chi connectivity index (χ0n) is 6.70. The number of hydrogen-bond acceptors (Lipinski definition) is 4. The van der Waals surface area contributed by atoms with Crippen LogP contribution in [0.2, 0.25) is 0 Å². The average molecular weight is 181 g/mol. The van der Waals surface area contributed by atoms with Gasteiger partial charge in [-0.15, -0.1) is 0 Å². The molecule has 5 heteroatoms. The predicted molar refractivity (Wildman–Crippen MR) is 42.1 cm³/mol. The molecule has 0 bridgehead atoms. The molecule has 13 heavy (non-hydrogen) atoms. The van der Waals surface area contributed by atoms with Crippen molar-refractivity contribution in [1.82, 2.24) is 5.32 Å². The Morgan fingerprint density at radius 2 is 2.31 bits per heavy atom. The molecule has 1 N–H and O–H groups in total. The molecular weight excluding hydrogens is 174 g/mol. The molecule has 0 aromatic carbocycles. The molecule has 0 spiro atoms. The summed E-state index contributed by atoms with van der Waals surface area (Å²) < 4.78 is 4.53. The Labute approximate surface area is 74.1 Å². The minimum absolute atomic E-state index is 0.147. The Kier molecular flexibility index (Phi) is 2.59. The number of carbonyl (C=O) groups is 3. The van der Waals surface area contributed by atoms with Gasteiger partial charge >= 0.3 is 5.97 Å². The van der Waals surface area contributed by atoms with Crippen LogP contribution in [0, 0.1) is 0 Å². The van der Waals surface area contributed by atoms with Crippen molar-refractivity contribution in [1.29, 1.82) is 0 Å². The van der Waals surface area contributed by atoms with Crippen LogP contribution in [0.25, 0.3) is 0 Å². The Hall–Kier alpha value is -1.91. The number of nitrogens with one attached hydrogen (secondary N) is 1. The highest BCUT2D eigenvalue weighted by Gasteiger charge is 2.18. The maximum Gasteiger partial charge on any atom is 0.336 e. The van der Waals surface area contributed by atoms with E-state index in [2.05, 4.69) is 16.6 Å². The van der Waals surface area contributed by atoms with Gasteiger partial charge in [0, 0.05) is 12.2 Å². The molecular formula is C8H7NO4. The van der Waals surface area contributed by atoms with Crippen molar-refractivity contribution >= 4 is 17.7 Å². The van der Waals surface area contributed by atoms with Crippen molar-refractivity contribution in [2.45, 2.75) is 6.42 Å². The second-order valence-electron chi connectivity index (χ2n) is 2.33. The second-order valence-corrected chi connectivity index (χ2v) is 2.33. The van der Waals surface area contributed by atoms with Gasteiger partial charge in [-0.1, -0.05) is 6.58 Å². The first-order chi connectivity index (χ1) is 6.11. The smallest absolute Gasteiger partial charge is 0.336 e. The van der Waals surface area contributed by atoms with E-state index < -0.39 is 17.7 Å². The summed E-state index contributed by atoms with van der Waals surface area (Å²) in [6.45, 7) is 3.16. The van der Waals surface area contributed by atoms with Crippen LogP contribution in [0.5, 0.6) is 0 Å². The molecule has 1 aliphatic heterocycles. The first-order valence-electron chi connectivity index (χ1n) is 3.50. The van der Waals surface area contributed by atoms with Crippen molar-refractivity contribution in [3.05, 3.63) is 24.6 Å². The van der Waals surface area contributed by atoms with Gasteiger partial charge in [0.2, 0.25) is 11.8 Å². The van der Waals surface area contributed by atoms with Crippen molar-refractivity contribution in [2.75, 3.05) is 0 Å². The van der Waals surface area contributed by atoms with Gasteiger partial charge in [0.1, 0.15) is 0 Å². The molecule has 0 radical (unpaired) electrons. The summed E-state index contributed by atoms with van der Waals surface area (Å²) in [5.41, 5.74) is 0. The Morgan fingerprint density at radius 3 is 2.85 bits per heavy atom. The highest BCUT2D eigenvalue weighted by Crippen LogP contribution is 2.03. The second kappa shape index (κ2) is 3.66. The van der Waals surface area contributed by atoms with E-state index in [0.717, 1.165) is 12.2 Å². The molecule has 1 amide bonds. The van der Waals surface area contributed by atoms with Crippen LogP contribution in [-0.4, -0.2) is 17.7 Å². The van der Waals surface area contributed by atoms with Crippen LogP contribution in [-0.2, 0) is 19.1 Å². The molecule has 1 aliphatic rings. The lowest BCUT2D eigenvalue weighted by atomic mass is 10.2.